The minimum Gasteiger partial charge on any atom is -0.336 e. The third kappa shape index (κ3) is 5.74. The summed E-state index contributed by atoms with van der Waals surface area (Å²) in [6, 6.07) is 20.5. The van der Waals surface area contributed by atoms with Crippen molar-refractivity contribution in [2.45, 2.75) is 19.3 Å². The summed E-state index contributed by atoms with van der Waals surface area (Å²) >= 11 is 1.56. The van der Waals surface area contributed by atoms with Crippen molar-refractivity contribution in [1.82, 2.24) is 9.88 Å². The second-order valence-electron chi connectivity index (χ2n) is 6.43. The van der Waals surface area contributed by atoms with E-state index < -0.39 is 0 Å². The number of rotatable bonds is 9. The number of nitrogens with zero attached hydrogens (tertiary/aromatic N) is 2. The Balaban J connectivity index is 1.59. The summed E-state index contributed by atoms with van der Waals surface area (Å²) in [5, 5.41) is 2.87. The average Bonchev–Trinajstić information content (AvgIpc) is 3.20. The third-order valence-corrected chi connectivity index (χ3v) is 5.35. The van der Waals surface area contributed by atoms with Crippen molar-refractivity contribution >= 4 is 17.2 Å². The van der Waals surface area contributed by atoms with Gasteiger partial charge in [-0.2, -0.15) is 0 Å². The second-order valence-corrected chi connectivity index (χ2v) is 7.37. The molecule has 0 atom stereocenters. The molecule has 0 bridgehead atoms. The van der Waals surface area contributed by atoms with Gasteiger partial charge in [0.2, 0.25) is 0 Å². The van der Waals surface area contributed by atoms with E-state index in [1.54, 1.807) is 11.3 Å². The smallest absolute Gasteiger partial charge is 0.273 e. The largest absolute Gasteiger partial charge is 0.336 e. The van der Waals surface area contributed by atoms with E-state index in [4.69, 9.17) is 5.73 Å². The van der Waals surface area contributed by atoms with E-state index in [0.717, 1.165) is 24.3 Å². The van der Waals surface area contributed by atoms with E-state index in [2.05, 4.69) is 29.2 Å². The van der Waals surface area contributed by atoms with Crippen LogP contribution in [0.5, 0.6) is 0 Å². The van der Waals surface area contributed by atoms with E-state index in [1.165, 1.54) is 11.1 Å². The Hall–Kier alpha value is -2.50. The second kappa shape index (κ2) is 10.00. The van der Waals surface area contributed by atoms with Crippen molar-refractivity contribution in [3.63, 3.8) is 0 Å². The van der Waals surface area contributed by atoms with E-state index in [0.29, 0.717) is 25.3 Å². The predicted molar refractivity (Wildman–Crippen MR) is 111 cm³/mol. The van der Waals surface area contributed by atoms with E-state index in [-0.39, 0.29) is 5.91 Å². The Morgan fingerprint density at radius 2 is 1.52 bits per heavy atom. The zero-order chi connectivity index (χ0) is 18.9. The van der Waals surface area contributed by atoms with Gasteiger partial charge in [-0.1, -0.05) is 60.7 Å². The molecule has 0 aliphatic carbocycles. The van der Waals surface area contributed by atoms with Crippen LogP contribution in [0.2, 0.25) is 0 Å². The van der Waals surface area contributed by atoms with Gasteiger partial charge in [0.15, 0.2) is 0 Å². The molecule has 0 radical (unpaired) electrons. The number of hydrogen-bond donors (Lipinski definition) is 1. The SMILES string of the molecule is NCCN(CCc1ccccc1)C(=O)c1csc(CCc2ccccc2)n1. The van der Waals surface area contributed by atoms with E-state index in [1.807, 2.05) is 46.7 Å². The lowest BCUT2D eigenvalue weighted by molar-refractivity contribution is 0.0757. The van der Waals surface area contributed by atoms with Crippen LogP contribution in [-0.4, -0.2) is 35.4 Å². The number of thiazole rings is 1. The molecule has 27 heavy (non-hydrogen) atoms. The third-order valence-electron chi connectivity index (χ3n) is 4.44. The number of carbonyl (C=O) groups is 1. The maximum atomic E-state index is 12.9. The average molecular weight is 380 g/mol. The Morgan fingerprint density at radius 1 is 0.889 bits per heavy atom. The summed E-state index contributed by atoms with van der Waals surface area (Å²) < 4.78 is 0. The molecule has 0 fully saturated rings. The van der Waals surface area contributed by atoms with E-state index >= 15 is 0 Å². The van der Waals surface area contributed by atoms with Crippen LogP contribution >= 0.6 is 11.3 Å². The summed E-state index contributed by atoms with van der Waals surface area (Å²) in [5.41, 5.74) is 8.75. The molecule has 0 saturated heterocycles. The van der Waals surface area contributed by atoms with E-state index in [9.17, 15) is 4.79 Å². The molecule has 0 unspecified atom stereocenters. The van der Waals surface area contributed by atoms with Crippen LogP contribution in [0.25, 0.3) is 0 Å². The number of hydrogen-bond acceptors (Lipinski definition) is 4. The molecule has 0 aliphatic heterocycles. The lowest BCUT2D eigenvalue weighted by Gasteiger charge is -2.21. The molecule has 3 rings (SSSR count). The lowest BCUT2D eigenvalue weighted by atomic mass is 10.1. The minimum atomic E-state index is -0.0291. The Bertz CT molecular complexity index is 833. The van der Waals surface area contributed by atoms with Gasteiger partial charge < -0.3 is 10.6 Å². The van der Waals surface area contributed by atoms with Crippen LogP contribution in [0.4, 0.5) is 0 Å². The molecule has 1 heterocycles. The fourth-order valence-corrected chi connectivity index (χ4v) is 3.73. The monoisotopic (exact) mass is 379 g/mol. The standard InChI is InChI=1S/C22H25N3OS/c23-14-16-25(15-13-19-9-5-2-6-10-19)22(26)20-17-27-21(24-20)12-11-18-7-3-1-4-8-18/h1-10,17H,11-16,23H2. The van der Waals surface area contributed by atoms with Crippen molar-refractivity contribution in [2.75, 3.05) is 19.6 Å². The molecule has 140 valence electrons. The van der Waals surface area contributed by atoms with Gasteiger partial charge in [-0.3, -0.25) is 4.79 Å². The summed E-state index contributed by atoms with van der Waals surface area (Å²) in [4.78, 5) is 19.2. The van der Waals surface area contributed by atoms with Gasteiger partial charge in [-0.25, -0.2) is 4.98 Å². The van der Waals surface area contributed by atoms with Crippen LogP contribution in [0, 0.1) is 0 Å². The molecule has 4 nitrogen and oxygen atoms in total. The number of amides is 1. The first-order chi connectivity index (χ1) is 13.3. The highest BCUT2D eigenvalue weighted by Crippen LogP contribution is 2.15. The van der Waals surface area contributed by atoms with Crippen molar-refractivity contribution in [3.05, 3.63) is 87.9 Å². The molecular weight excluding hydrogens is 354 g/mol. The van der Waals surface area contributed by atoms with Crippen LogP contribution in [0.15, 0.2) is 66.0 Å². The molecule has 0 spiro atoms. The molecule has 3 aromatic rings. The molecule has 2 aromatic carbocycles. The highest BCUT2D eigenvalue weighted by Gasteiger charge is 2.18. The van der Waals surface area contributed by atoms with Crippen LogP contribution in [0.3, 0.4) is 0 Å². The first-order valence-corrected chi connectivity index (χ1v) is 10.2. The van der Waals surface area contributed by atoms with Crippen molar-refractivity contribution < 1.29 is 4.79 Å². The number of aryl methyl sites for hydroxylation is 2. The van der Waals surface area contributed by atoms with Gasteiger partial charge in [0.1, 0.15) is 5.69 Å². The minimum absolute atomic E-state index is 0.0291. The Labute approximate surface area is 164 Å². The van der Waals surface area contributed by atoms with Gasteiger partial charge in [-0.15, -0.1) is 11.3 Å². The summed E-state index contributed by atoms with van der Waals surface area (Å²) in [6.45, 7) is 1.64. The number of nitrogens with two attached hydrogens (primary N) is 1. The van der Waals surface area contributed by atoms with Gasteiger partial charge in [0, 0.05) is 31.4 Å². The van der Waals surface area contributed by atoms with Gasteiger partial charge in [0.05, 0.1) is 5.01 Å². The first-order valence-electron chi connectivity index (χ1n) is 9.28. The molecule has 5 heteroatoms. The predicted octanol–water partition coefficient (Wildman–Crippen LogP) is 3.57. The van der Waals surface area contributed by atoms with Crippen LogP contribution < -0.4 is 5.73 Å². The van der Waals surface area contributed by atoms with Gasteiger partial charge >= 0.3 is 0 Å². The lowest BCUT2D eigenvalue weighted by Crippen LogP contribution is -2.37. The normalized spacial score (nSPS) is 10.7. The van der Waals surface area contributed by atoms with Crippen LogP contribution in [-0.2, 0) is 19.3 Å². The zero-order valence-electron chi connectivity index (χ0n) is 15.4. The topological polar surface area (TPSA) is 59.2 Å². The molecule has 0 aliphatic rings. The zero-order valence-corrected chi connectivity index (χ0v) is 16.2. The van der Waals surface area contributed by atoms with Crippen LogP contribution in [0.1, 0.15) is 26.6 Å². The Morgan fingerprint density at radius 3 is 2.15 bits per heavy atom. The maximum absolute atomic E-state index is 12.9. The molecule has 0 saturated carbocycles. The fourth-order valence-electron chi connectivity index (χ4n) is 2.96. The summed E-state index contributed by atoms with van der Waals surface area (Å²) in [6.07, 6.45) is 2.60. The highest BCUT2D eigenvalue weighted by atomic mass is 32.1. The maximum Gasteiger partial charge on any atom is 0.273 e. The van der Waals surface area contributed by atoms with Gasteiger partial charge in [0.25, 0.3) is 5.91 Å². The molecule has 1 amide bonds. The number of aromatic nitrogens is 1. The van der Waals surface area contributed by atoms with Gasteiger partial charge in [-0.05, 0) is 24.0 Å². The Kier molecular flexibility index (Phi) is 7.13. The summed E-state index contributed by atoms with van der Waals surface area (Å²) in [7, 11) is 0. The van der Waals surface area contributed by atoms with Crippen molar-refractivity contribution in [2.24, 2.45) is 5.73 Å². The van der Waals surface area contributed by atoms with Crippen molar-refractivity contribution in [3.8, 4) is 0 Å². The molecular formula is C22H25N3OS. The van der Waals surface area contributed by atoms with Crippen molar-refractivity contribution in [1.29, 1.82) is 0 Å². The molecule has 1 aromatic heterocycles. The fraction of sp³-hybridized carbons (Fsp3) is 0.273. The number of carbonyl (C=O) groups excluding carboxylic acids is 1. The highest BCUT2D eigenvalue weighted by molar-refractivity contribution is 7.09. The first kappa shape index (κ1) is 19.3. The molecule has 2 N–H and O–H groups in total. The summed E-state index contributed by atoms with van der Waals surface area (Å²) in [5.74, 6) is -0.0291. The quantitative estimate of drug-likeness (QED) is 0.618. The number of benzene rings is 2.